The molecule has 2 aromatic rings. The van der Waals surface area contributed by atoms with Gasteiger partial charge in [0.2, 0.25) is 0 Å². The number of nitrogens with one attached hydrogen (secondary N) is 1. The van der Waals surface area contributed by atoms with Gasteiger partial charge in [0.1, 0.15) is 5.75 Å². The third kappa shape index (κ3) is 3.55. The Kier molecular flexibility index (Phi) is 4.45. The molecule has 1 N–H and O–H groups in total. The highest BCUT2D eigenvalue weighted by Crippen LogP contribution is 2.39. The van der Waals surface area contributed by atoms with Crippen molar-refractivity contribution in [1.82, 2.24) is 0 Å². The number of rotatable bonds is 4. The number of ether oxygens (including phenoxy) is 1. The first-order valence-electron chi connectivity index (χ1n) is 6.71. The van der Waals surface area contributed by atoms with Crippen LogP contribution in [-0.2, 0) is 6.42 Å². The van der Waals surface area contributed by atoms with Crippen LogP contribution in [0.4, 0.5) is 14.5 Å². The van der Waals surface area contributed by atoms with Crippen LogP contribution < -0.4 is 10.1 Å². The van der Waals surface area contributed by atoms with Crippen LogP contribution in [0.3, 0.4) is 0 Å². The molecule has 0 aliphatic heterocycles. The van der Waals surface area contributed by atoms with E-state index in [1.165, 1.54) is 10.4 Å². The molecule has 21 heavy (non-hydrogen) atoms. The maximum absolute atomic E-state index is 12.1. The zero-order chi connectivity index (χ0) is 14.8. The van der Waals surface area contributed by atoms with Crippen LogP contribution in [0, 0.1) is 0 Å². The summed E-state index contributed by atoms with van der Waals surface area (Å²) in [5.74, 6) is 0.179. The van der Waals surface area contributed by atoms with Crippen LogP contribution in [0.5, 0.6) is 5.75 Å². The van der Waals surface area contributed by atoms with Gasteiger partial charge in [0.25, 0.3) is 0 Å². The first-order chi connectivity index (χ1) is 10.1. The van der Waals surface area contributed by atoms with Gasteiger partial charge in [-0.15, -0.1) is 11.3 Å². The van der Waals surface area contributed by atoms with Crippen molar-refractivity contribution >= 4 is 33.0 Å². The van der Waals surface area contributed by atoms with E-state index in [-0.39, 0.29) is 11.8 Å². The smallest absolute Gasteiger partial charge is 0.387 e. The van der Waals surface area contributed by atoms with Crippen LogP contribution in [0.1, 0.15) is 29.3 Å². The Bertz CT molecular complexity index is 615. The van der Waals surface area contributed by atoms with E-state index in [1.54, 1.807) is 35.6 Å². The standard InChI is InChI=1S/C15H14BrF2NOS/c16-14-8-11-12(2-1-3-13(11)21-14)19-9-4-6-10(7-5-9)20-15(17)18/h4-8,12,15,19H,1-3H2. The van der Waals surface area contributed by atoms with E-state index in [0.717, 1.165) is 28.7 Å². The third-order valence-electron chi connectivity index (χ3n) is 3.50. The zero-order valence-electron chi connectivity index (χ0n) is 11.1. The van der Waals surface area contributed by atoms with E-state index in [0.29, 0.717) is 0 Å². The summed E-state index contributed by atoms with van der Waals surface area (Å²) in [6.07, 6.45) is 3.36. The highest BCUT2D eigenvalue weighted by atomic mass is 79.9. The molecule has 0 radical (unpaired) electrons. The summed E-state index contributed by atoms with van der Waals surface area (Å²) in [4.78, 5) is 1.42. The minimum Gasteiger partial charge on any atom is -0.435 e. The molecule has 2 nitrogen and oxygen atoms in total. The Hall–Kier alpha value is -1.14. The average Bonchev–Trinajstić information content (AvgIpc) is 2.82. The van der Waals surface area contributed by atoms with Crippen molar-refractivity contribution in [3.8, 4) is 5.75 Å². The topological polar surface area (TPSA) is 21.3 Å². The summed E-state index contributed by atoms with van der Waals surface area (Å²) in [6, 6.07) is 9.10. The minimum absolute atomic E-state index is 0.179. The van der Waals surface area contributed by atoms with Gasteiger partial charge in [-0.2, -0.15) is 8.78 Å². The summed E-state index contributed by atoms with van der Waals surface area (Å²) >= 11 is 5.33. The third-order valence-corrected chi connectivity index (χ3v) is 5.22. The SMILES string of the molecule is FC(F)Oc1ccc(NC2CCCc3sc(Br)cc32)cc1. The van der Waals surface area contributed by atoms with Crippen molar-refractivity contribution in [2.75, 3.05) is 5.32 Å². The second-order valence-corrected chi connectivity index (χ2v) is 7.44. The Labute approximate surface area is 134 Å². The number of benzene rings is 1. The largest absolute Gasteiger partial charge is 0.435 e. The molecule has 0 fully saturated rings. The molecular weight excluding hydrogens is 360 g/mol. The van der Waals surface area contributed by atoms with E-state index >= 15 is 0 Å². The predicted octanol–water partition coefficient (Wildman–Crippen LogP) is 5.60. The van der Waals surface area contributed by atoms with Crippen molar-refractivity contribution in [2.45, 2.75) is 31.9 Å². The van der Waals surface area contributed by atoms with Crippen LogP contribution in [0.15, 0.2) is 34.1 Å². The maximum Gasteiger partial charge on any atom is 0.387 e. The Morgan fingerprint density at radius 2 is 2.05 bits per heavy atom. The quantitative estimate of drug-likeness (QED) is 0.752. The first-order valence-corrected chi connectivity index (χ1v) is 8.32. The fourth-order valence-corrected chi connectivity index (χ4v) is 4.42. The van der Waals surface area contributed by atoms with Gasteiger partial charge >= 0.3 is 6.61 Å². The molecule has 0 saturated carbocycles. The second-order valence-electron chi connectivity index (χ2n) is 4.92. The van der Waals surface area contributed by atoms with Crippen molar-refractivity contribution in [1.29, 1.82) is 0 Å². The van der Waals surface area contributed by atoms with Crippen molar-refractivity contribution in [3.05, 3.63) is 44.6 Å². The molecular formula is C15H14BrF2NOS. The van der Waals surface area contributed by atoms with Crippen LogP contribution in [0.2, 0.25) is 0 Å². The fraction of sp³-hybridized carbons (Fsp3) is 0.333. The molecule has 3 rings (SSSR count). The predicted molar refractivity (Wildman–Crippen MR) is 84.4 cm³/mol. The van der Waals surface area contributed by atoms with Gasteiger partial charge in [-0.25, -0.2) is 0 Å². The number of aryl methyl sites for hydroxylation is 1. The lowest BCUT2D eigenvalue weighted by atomic mass is 9.94. The lowest BCUT2D eigenvalue weighted by molar-refractivity contribution is -0.0498. The molecule has 112 valence electrons. The van der Waals surface area contributed by atoms with E-state index in [4.69, 9.17) is 0 Å². The summed E-state index contributed by atoms with van der Waals surface area (Å²) in [5, 5.41) is 3.47. The van der Waals surface area contributed by atoms with E-state index in [9.17, 15) is 8.78 Å². The highest BCUT2D eigenvalue weighted by molar-refractivity contribution is 9.11. The number of anilines is 1. The zero-order valence-corrected chi connectivity index (χ0v) is 13.5. The Morgan fingerprint density at radius 3 is 2.76 bits per heavy atom. The second kappa shape index (κ2) is 6.32. The monoisotopic (exact) mass is 373 g/mol. The molecule has 0 saturated heterocycles. The average molecular weight is 374 g/mol. The first kappa shape index (κ1) is 14.8. The molecule has 0 amide bonds. The minimum atomic E-state index is -2.78. The lowest BCUT2D eigenvalue weighted by Gasteiger charge is -2.24. The molecule has 0 spiro atoms. The number of alkyl halides is 2. The number of hydrogen-bond acceptors (Lipinski definition) is 3. The molecule has 1 aliphatic carbocycles. The highest BCUT2D eigenvalue weighted by Gasteiger charge is 2.22. The van der Waals surface area contributed by atoms with E-state index in [1.807, 2.05) is 0 Å². The Balaban J connectivity index is 1.72. The van der Waals surface area contributed by atoms with Crippen molar-refractivity contribution < 1.29 is 13.5 Å². The lowest BCUT2D eigenvalue weighted by Crippen LogP contribution is -2.15. The molecule has 1 unspecified atom stereocenters. The maximum atomic E-state index is 12.1. The Morgan fingerprint density at radius 1 is 1.29 bits per heavy atom. The van der Waals surface area contributed by atoms with Gasteiger partial charge in [-0.05, 0) is 71.1 Å². The molecule has 1 aromatic heterocycles. The number of halogens is 3. The van der Waals surface area contributed by atoms with Gasteiger partial charge in [-0.1, -0.05) is 0 Å². The molecule has 6 heteroatoms. The van der Waals surface area contributed by atoms with Crippen LogP contribution in [0.25, 0.3) is 0 Å². The van der Waals surface area contributed by atoms with E-state index in [2.05, 4.69) is 32.0 Å². The number of thiophene rings is 1. The summed E-state index contributed by atoms with van der Waals surface area (Å²) in [7, 11) is 0. The van der Waals surface area contributed by atoms with Gasteiger partial charge in [0.05, 0.1) is 9.83 Å². The normalized spacial score (nSPS) is 17.6. The van der Waals surface area contributed by atoms with Crippen molar-refractivity contribution in [3.63, 3.8) is 0 Å². The summed E-state index contributed by atoms with van der Waals surface area (Å²) in [6.45, 7) is -2.78. The summed E-state index contributed by atoms with van der Waals surface area (Å²) < 4.78 is 29.7. The number of hydrogen-bond donors (Lipinski definition) is 1. The van der Waals surface area contributed by atoms with Crippen LogP contribution in [-0.4, -0.2) is 6.61 Å². The molecule has 1 aromatic carbocycles. The van der Waals surface area contributed by atoms with Crippen LogP contribution >= 0.6 is 27.3 Å². The molecule has 0 bridgehead atoms. The fourth-order valence-electron chi connectivity index (χ4n) is 2.61. The van der Waals surface area contributed by atoms with Gasteiger partial charge in [-0.3, -0.25) is 0 Å². The summed E-state index contributed by atoms with van der Waals surface area (Å²) in [5.41, 5.74) is 2.25. The van der Waals surface area contributed by atoms with Gasteiger partial charge < -0.3 is 10.1 Å². The molecule has 1 atom stereocenters. The van der Waals surface area contributed by atoms with E-state index < -0.39 is 6.61 Å². The van der Waals surface area contributed by atoms with Crippen molar-refractivity contribution in [2.24, 2.45) is 0 Å². The number of fused-ring (bicyclic) bond motifs is 1. The van der Waals surface area contributed by atoms with Gasteiger partial charge in [0, 0.05) is 10.6 Å². The molecule has 1 heterocycles. The van der Waals surface area contributed by atoms with Gasteiger partial charge in [0.15, 0.2) is 0 Å². The molecule has 1 aliphatic rings.